The summed E-state index contributed by atoms with van der Waals surface area (Å²) in [6.07, 6.45) is -4.90. The van der Waals surface area contributed by atoms with Crippen molar-refractivity contribution in [1.82, 2.24) is 0 Å². The van der Waals surface area contributed by atoms with Gasteiger partial charge in [-0.05, 0) is 47.9 Å². The standard InChI is InChI=1S/C16H14ClF3O/c1-10-8-12(16(18,19)20)4-7-14(10)15(21)9-11-2-5-13(17)6-3-11/h2-8,15,21H,9H2,1H3. The van der Waals surface area contributed by atoms with Crippen LogP contribution < -0.4 is 0 Å². The van der Waals surface area contributed by atoms with Crippen molar-refractivity contribution >= 4 is 11.6 Å². The first-order valence-corrected chi connectivity index (χ1v) is 6.75. The second-order valence-electron chi connectivity index (χ2n) is 4.92. The van der Waals surface area contributed by atoms with Crippen LogP contribution in [0.25, 0.3) is 0 Å². The molecular formula is C16H14ClF3O. The molecule has 2 aromatic rings. The van der Waals surface area contributed by atoms with Crippen molar-refractivity contribution in [2.45, 2.75) is 25.6 Å². The Kier molecular flexibility index (Phi) is 4.59. The van der Waals surface area contributed by atoms with Gasteiger partial charge in [-0.15, -0.1) is 0 Å². The maximum absolute atomic E-state index is 12.6. The monoisotopic (exact) mass is 314 g/mol. The molecule has 2 aromatic carbocycles. The normalized spacial score (nSPS) is 13.2. The number of halogens is 4. The number of benzene rings is 2. The molecule has 0 aliphatic carbocycles. The topological polar surface area (TPSA) is 20.2 Å². The highest BCUT2D eigenvalue weighted by atomic mass is 35.5. The summed E-state index contributed by atoms with van der Waals surface area (Å²) in [4.78, 5) is 0. The van der Waals surface area contributed by atoms with Gasteiger partial charge < -0.3 is 5.11 Å². The van der Waals surface area contributed by atoms with E-state index < -0.39 is 17.8 Å². The molecule has 2 rings (SSSR count). The molecule has 0 fully saturated rings. The largest absolute Gasteiger partial charge is 0.416 e. The molecule has 0 spiro atoms. The summed E-state index contributed by atoms with van der Waals surface area (Å²) in [6.45, 7) is 1.57. The second-order valence-corrected chi connectivity index (χ2v) is 5.35. The molecule has 0 saturated carbocycles. The Labute approximate surface area is 126 Å². The maximum atomic E-state index is 12.6. The van der Waals surface area contributed by atoms with E-state index in [2.05, 4.69) is 0 Å². The fourth-order valence-electron chi connectivity index (χ4n) is 2.18. The highest BCUT2D eigenvalue weighted by Crippen LogP contribution is 2.32. The van der Waals surface area contributed by atoms with E-state index in [0.717, 1.165) is 17.7 Å². The fraction of sp³-hybridized carbons (Fsp3) is 0.250. The van der Waals surface area contributed by atoms with Crippen LogP contribution in [0.5, 0.6) is 0 Å². The van der Waals surface area contributed by atoms with Crippen molar-refractivity contribution in [3.05, 3.63) is 69.7 Å². The quantitative estimate of drug-likeness (QED) is 0.850. The molecule has 0 aliphatic rings. The predicted molar refractivity (Wildman–Crippen MR) is 76.3 cm³/mol. The van der Waals surface area contributed by atoms with E-state index >= 15 is 0 Å². The van der Waals surface area contributed by atoms with Gasteiger partial charge in [0.2, 0.25) is 0 Å². The summed E-state index contributed by atoms with van der Waals surface area (Å²) in [5.74, 6) is 0. The van der Waals surface area contributed by atoms with Gasteiger partial charge in [-0.25, -0.2) is 0 Å². The first-order chi connectivity index (χ1) is 9.77. The van der Waals surface area contributed by atoms with Crippen LogP contribution in [0.2, 0.25) is 5.02 Å². The molecule has 0 saturated heterocycles. The number of aliphatic hydroxyl groups excluding tert-OH is 1. The van der Waals surface area contributed by atoms with Crippen LogP contribution in [0.4, 0.5) is 13.2 Å². The lowest BCUT2D eigenvalue weighted by molar-refractivity contribution is -0.137. The molecule has 0 amide bonds. The summed E-state index contributed by atoms with van der Waals surface area (Å²) in [7, 11) is 0. The van der Waals surface area contributed by atoms with Crippen LogP contribution in [0.3, 0.4) is 0 Å². The zero-order valence-corrected chi connectivity index (χ0v) is 12.0. The van der Waals surface area contributed by atoms with Crippen LogP contribution in [-0.4, -0.2) is 5.11 Å². The third-order valence-corrected chi connectivity index (χ3v) is 3.55. The van der Waals surface area contributed by atoms with Crippen LogP contribution in [0.15, 0.2) is 42.5 Å². The second kappa shape index (κ2) is 6.08. The third kappa shape index (κ3) is 3.99. The summed E-state index contributed by atoms with van der Waals surface area (Å²) in [5.41, 5.74) is 1.08. The van der Waals surface area contributed by atoms with Gasteiger partial charge in [0.25, 0.3) is 0 Å². The highest BCUT2D eigenvalue weighted by Gasteiger charge is 2.30. The predicted octanol–water partition coefficient (Wildman–Crippen LogP) is 4.94. The molecule has 0 radical (unpaired) electrons. The van der Waals surface area contributed by atoms with Crippen molar-refractivity contribution in [2.24, 2.45) is 0 Å². The number of hydrogen-bond acceptors (Lipinski definition) is 1. The minimum atomic E-state index is -4.37. The molecule has 112 valence electrons. The summed E-state index contributed by atoms with van der Waals surface area (Å²) in [5, 5.41) is 10.8. The van der Waals surface area contributed by atoms with Gasteiger partial charge in [-0.1, -0.05) is 29.8 Å². The smallest absolute Gasteiger partial charge is 0.388 e. The Morgan fingerprint density at radius 2 is 1.71 bits per heavy atom. The Balaban J connectivity index is 2.19. The van der Waals surface area contributed by atoms with Crippen LogP contribution >= 0.6 is 11.6 Å². The Hall–Kier alpha value is -1.52. The van der Waals surface area contributed by atoms with Gasteiger partial charge in [0, 0.05) is 11.4 Å². The maximum Gasteiger partial charge on any atom is 0.416 e. The number of hydrogen-bond donors (Lipinski definition) is 1. The van der Waals surface area contributed by atoms with E-state index in [1.165, 1.54) is 6.07 Å². The summed E-state index contributed by atoms with van der Waals surface area (Å²) in [6, 6.07) is 10.4. The number of aliphatic hydroxyl groups is 1. The van der Waals surface area contributed by atoms with E-state index in [-0.39, 0.29) is 0 Å². The van der Waals surface area contributed by atoms with E-state index in [9.17, 15) is 18.3 Å². The van der Waals surface area contributed by atoms with Gasteiger partial charge in [0.15, 0.2) is 0 Å². The van der Waals surface area contributed by atoms with Crippen LogP contribution in [-0.2, 0) is 12.6 Å². The molecule has 0 bridgehead atoms. The number of aryl methyl sites for hydroxylation is 1. The van der Waals surface area contributed by atoms with Gasteiger partial charge in [-0.2, -0.15) is 13.2 Å². The van der Waals surface area contributed by atoms with Crippen molar-refractivity contribution in [1.29, 1.82) is 0 Å². The molecule has 0 aromatic heterocycles. The van der Waals surface area contributed by atoms with Crippen molar-refractivity contribution in [3.63, 3.8) is 0 Å². The number of rotatable bonds is 3. The number of alkyl halides is 3. The molecule has 0 heterocycles. The molecule has 1 N–H and O–H groups in total. The van der Waals surface area contributed by atoms with Gasteiger partial charge in [-0.3, -0.25) is 0 Å². The van der Waals surface area contributed by atoms with Gasteiger partial charge >= 0.3 is 6.18 Å². The highest BCUT2D eigenvalue weighted by molar-refractivity contribution is 6.30. The SMILES string of the molecule is Cc1cc(C(F)(F)F)ccc1C(O)Cc1ccc(Cl)cc1. The van der Waals surface area contributed by atoms with E-state index in [0.29, 0.717) is 22.6 Å². The zero-order valence-electron chi connectivity index (χ0n) is 11.3. The van der Waals surface area contributed by atoms with E-state index in [1.54, 1.807) is 31.2 Å². The Morgan fingerprint density at radius 1 is 1.10 bits per heavy atom. The summed E-state index contributed by atoms with van der Waals surface area (Å²) >= 11 is 5.78. The molecule has 1 nitrogen and oxygen atoms in total. The minimum absolute atomic E-state index is 0.323. The van der Waals surface area contributed by atoms with E-state index in [1.807, 2.05) is 0 Å². The lowest BCUT2D eigenvalue weighted by Gasteiger charge is -2.16. The first-order valence-electron chi connectivity index (χ1n) is 6.37. The molecule has 5 heteroatoms. The fourth-order valence-corrected chi connectivity index (χ4v) is 2.31. The van der Waals surface area contributed by atoms with Crippen LogP contribution in [0.1, 0.15) is 28.4 Å². The molecule has 21 heavy (non-hydrogen) atoms. The molecule has 1 atom stereocenters. The lowest BCUT2D eigenvalue weighted by Crippen LogP contribution is -2.08. The first kappa shape index (κ1) is 15.9. The Morgan fingerprint density at radius 3 is 2.24 bits per heavy atom. The average Bonchev–Trinajstić information content (AvgIpc) is 2.40. The van der Waals surface area contributed by atoms with Gasteiger partial charge in [0.1, 0.15) is 0 Å². The zero-order chi connectivity index (χ0) is 15.6. The van der Waals surface area contributed by atoms with Crippen molar-refractivity contribution in [3.8, 4) is 0 Å². The lowest BCUT2D eigenvalue weighted by atomic mass is 9.96. The van der Waals surface area contributed by atoms with Crippen LogP contribution in [0, 0.1) is 6.92 Å². The molecule has 0 aliphatic heterocycles. The van der Waals surface area contributed by atoms with Crippen molar-refractivity contribution < 1.29 is 18.3 Å². The third-order valence-electron chi connectivity index (χ3n) is 3.30. The van der Waals surface area contributed by atoms with Crippen molar-refractivity contribution in [2.75, 3.05) is 0 Å². The Bertz CT molecular complexity index is 620. The van der Waals surface area contributed by atoms with E-state index in [4.69, 9.17) is 11.6 Å². The van der Waals surface area contributed by atoms with Gasteiger partial charge in [0.05, 0.1) is 11.7 Å². The average molecular weight is 315 g/mol. The molecule has 1 unspecified atom stereocenters. The summed E-state index contributed by atoms with van der Waals surface area (Å²) < 4.78 is 37.8. The molecular weight excluding hydrogens is 301 g/mol. The minimum Gasteiger partial charge on any atom is -0.388 e.